The summed E-state index contributed by atoms with van der Waals surface area (Å²) in [6, 6.07) is 1.71. The molecule has 9 heteroatoms. The van der Waals surface area contributed by atoms with Gasteiger partial charge in [0.25, 0.3) is 0 Å². The van der Waals surface area contributed by atoms with E-state index >= 15 is 0 Å². The van der Waals surface area contributed by atoms with Gasteiger partial charge in [0.15, 0.2) is 5.65 Å². The number of aromatic nitrogens is 3. The van der Waals surface area contributed by atoms with Gasteiger partial charge in [-0.2, -0.15) is 18.3 Å². The number of alkyl halides is 3. The molecule has 0 bridgehead atoms. The number of nitrogens with two attached hydrogens (primary N) is 1. The molecule has 3 rings (SSSR count). The van der Waals surface area contributed by atoms with Crippen molar-refractivity contribution in [2.75, 3.05) is 0 Å². The van der Waals surface area contributed by atoms with Gasteiger partial charge in [-0.25, -0.2) is 9.50 Å². The van der Waals surface area contributed by atoms with Gasteiger partial charge in [0.05, 0.1) is 23.5 Å². The van der Waals surface area contributed by atoms with E-state index in [9.17, 15) is 18.0 Å². The molecule has 0 spiro atoms. The second-order valence-electron chi connectivity index (χ2n) is 5.83. The number of nitrogens with zero attached hydrogens (tertiary/aromatic N) is 3. The monoisotopic (exact) mass is 327 g/mol. The summed E-state index contributed by atoms with van der Waals surface area (Å²) in [5.74, 6) is -0.606. The van der Waals surface area contributed by atoms with Crippen LogP contribution < -0.4 is 11.1 Å². The van der Waals surface area contributed by atoms with Crippen molar-refractivity contribution >= 4 is 11.6 Å². The van der Waals surface area contributed by atoms with Crippen molar-refractivity contribution in [3.63, 3.8) is 0 Å². The fourth-order valence-electron chi connectivity index (χ4n) is 2.44. The summed E-state index contributed by atoms with van der Waals surface area (Å²) in [5, 5.41) is 6.63. The Bertz CT molecular complexity index is 736. The van der Waals surface area contributed by atoms with E-state index in [-0.39, 0.29) is 25.9 Å². The molecule has 0 aliphatic heterocycles. The first-order chi connectivity index (χ1) is 10.8. The van der Waals surface area contributed by atoms with E-state index < -0.39 is 23.9 Å². The largest absolute Gasteiger partial charge is 0.395 e. The summed E-state index contributed by atoms with van der Waals surface area (Å²) in [6.45, 7) is 0.399. The van der Waals surface area contributed by atoms with Gasteiger partial charge in [-0.3, -0.25) is 4.79 Å². The first-order valence-corrected chi connectivity index (χ1v) is 7.20. The fourth-order valence-corrected chi connectivity index (χ4v) is 2.44. The summed E-state index contributed by atoms with van der Waals surface area (Å²) in [6.07, 6.45) is -1.57. The lowest BCUT2D eigenvalue weighted by molar-refractivity contribution is -0.190. The number of amides is 1. The molecule has 2 aromatic rings. The highest BCUT2D eigenvalue weighted by molar-refractivity contribution is 5.77. The van der Waals surface area contributed by atoms with Crippen molar-refractivity contribution < 1.29 is 18.0 Å². The number of imidazole rings is 1. The molecule has 0 unspecified atom stereocenters. The molecule has 1 saturated carbocycles. The van der Waals surface area contributed by atoms with Crippen molar-refractivity contribution in [3.05, 3.63) is 29.7 Å². The number of fused-ring (bicyclic) bond motifs is 1. The maximum absolute atomic E-state index is 12.8. The Morgan fingerprint density at radius 1 is 1.43 bits per heavy atom. The van der Waals surface area contributed by atoms with Crippen LogP contribution in [0.5, 0.6) is 0 Å². The normalized spacial score (nSPS) is 16.5. The standard InChI is InChI=1S/C14H16F3N5O/c15-14(16,17)13(1-2-13)4-12(23)19-6-9-3-11-21-10(5-18)8-22(11)20-7-9/h3,7-8H,1-2,4-6,18H2,(H,19,23). The Labute approximate surface area is 129 Å². The Hall–Kier alpha value is -2.16. The zero-order valence-corrected chi connectivity index (χ0v) is 12.2. The molecule has 1 amide bonds. The highest BCUT2D eigenvalue weighted by Crippen LogP contribution is 2.59. The van der Waals surface area contributed by atoms with Crippen LogP contribution in [0.15, 0.2) is 18.5 Å². The number of nitrogens with one attached hydrogen (secondary N) is 1. The molecule has 6 nitrogen and oxygen atoms in total. The molecule has 0 aromatic carbocycles. The van der Waals surface area contributed by atoms with E-state index in [1.54, 1.807) is 16.8 Å². The van der Waals surface area contributed by atoms with Crippen LogP contribution in [-0.4, -0.2) is 26.7 Å². The van der Waals surface area contributed by atoms with Crippen LogP contribution in [0.3, 0.4) is 0 Å². The van der Waals surface area contributed by atoms with Gasteiger partial charge in [0, 0.05) is 19.5 Å². The van der Waals surface area contributed by atoms with E-state index in [0.717, 1.165) is 0 Å². The number of carbonyl (C=O) groups excluding carboxylic acids is 1. The molecular formula is C14H16F3N5O. The Morgan fingerprint density at radius 3 is 2.78 bits per heavy atom. The zero-order chi connectivity index (χ0) is 16.7. The molecular weight excluding hydrogens is 311 g/mol. The molecule has 1 aliphatic rings. The average molecular weight is 327 g/mol. The quantitative estimate of drug-likeness (QED) is 0.872. The van der Waals surface area contributed by atoms with Crippen LogP contribution in [0, 0.1) is 5.41 Å². The van der Waals surface area contributed by atoms with Crippen LogP contribution >= 0.6 is 0 Å². The van der Waals surface area contributed by atoms with Crippen molar-refractivity contribution in [2.45, 2.75) is 38.5 Å². The minimum atomic E-state index is -4.32. The minimum absolute atomic E-state index is 0.0212. The van der Waals surface area contributed by atoms with Crippen molar-refractivity contribution in [1.82, 2.24) is 19.9 Å². The Morgan fingerprint density at radius 2 is 2.17 bits per heavy atom. The van der Waals surface area contributed by atoms with Crippen molar-refractivity contribution in [1.29, 1.82) is 0 Å². The SMILES string of the molecule is NCc1cn2ncc(CNC(=O)CC3(C(F)(F)F)CC3)cc2n1. The number of halogens is 3. The Kier molecular flexibility index (Phi) is 3.75. The predicted molar refractivity (Wildman–Crippen MR) is 75.1 cm³/mol. The summed E-state index contributed by atoms with van der Waals surface area (Å²) in [4.78, 5) is 16.0. The summed E-state index contributed by atoms with van der Waals surface area (Å²) in [7, 11) is 0. The summed E-state index contributed by atoms with van der Waals surface area (Å²) >= 11 is 0. The van der Waals surface area contributed by atoms with Gasteiger partial charge < -0.3 is 11.1 Å². The molecule has 124 valence electrons. The second-order valence-corrected chi connectivity index (χ2v) is 5.83. The molecule has 3 N–H and O–H groups in total. The minimum Gasteiger partial charge on any atom is -0.352 e. The maximum Gasteiger partial charge on any atom is 0.395 e. The lowest BCUT2D eigenvalue weighted by atomic mass is 10.0. The Balaban J connectivity index is 1.61. The van der Waals surface area contributed by atoms with Gasteiger partial charge in [-0.05, 0) is 24.5 Å². The lowest BCUT2D eigenvalue weighted by Gasteiger charge is -2.18. The van der Waals surface area contributed by atoms with E-state index in [2.05, 4.69) is 15.4 Å². The highest BCUT2D eigenvalue weighted by atomic mass is 19.4. The van der Waals surface area contributed by atoms with E-state index in [1.165, 1.54) is 6.20 Å². The summed E-state index contributed by atoms with van der Waals surface area (Å²) in [5.41, 5.74) is 5.60. The molecule has 0 radical (unpaired) electrons. The number of hydrogen-bond donors (Lipinski definition) is 2. The van der Waals surface area contributed by atoms with E-state index in [4.69, 9.17) is 5.73 Å². The third kappa shape index (κ3) is 3.14. The molecule has 2 heterocycles. The highest BCUT2D eigenvalue weighted by Gasteiger charge is 2.63. The number of rotatable bonds is 5. The maximum atomic E-state index is 12.8. The fraction of sp³-hybridized carbons (Fsp3) is 0.500. The number of carbonyl (C=O) groups is 1. The van der Waals surface area contributed by atoms with Crippen LogP contribution in [0.4, 0.5) is 13.2 Å². The van der Waals surface area contributed by atoms with Crippen molar-refractivity contribution in [2.24, 2.45) is 11.1 Å². The van der Waals surface area contributed by atoms with Gasteiger partial charge in [0.1, 0.15) is 0 Å². The van der Waals surface area contributed by atoms with Gasteiger partial charge in [-0.15, -0.1) is 0 Å². The molecule has 0 atom stereocenters. The number of hydrogen-bond acceptors (Lipinski definition) is 4. The summed E-state index contributed by atoms with van der Waals surface area (Å²) < 4.78 is 40.0. The molecule has 2 aromatic heterocycles. The third-order valence-electron chi connectivity index (χ3n) is 4.08. The van der Waals surface area contributed by atoms with E-state index in [1.807, 2.05) is 0 Å². The van der Waals surface area contributed by atoms with E-state index in [0.29, 0.717) is 16.9 Å². The van der Waals surface area contributed by atoms with Crippen LogP contribution in [0.25, 0.3) is 5.65 Å². The smallest absolute Gasteiger partial charge is 0.352 e. The topological polar surface area (TPSA) is 85.3 Å². The average Bonchev–Trinajstić information content (AvgIpc) is 3.16. The predicted octanol–water partition coefficient (Wildman–Crippen LogP) is 1.54. The van der Waals surface area contributed by atoms with Gasteiger partial charge in [0.2, 0.25) is 5.91 Å². The van der Waals surface area contributed by atoms with Gasteiger partial charge in [-0.1, -0.05) is 0 Å². The van der Waals surface area contributed by atoms with Crippen LogP contribution in [0.1, 0.15) is 30.5 Å². The molecule has 0 saturated heterocycles. The third-order valence-corrected chi connectivity index (χ3v) is 4.08. The van der Waals surface area contributed by atoms with Crippen LogP contribution in [0.2, 0.25) is 0 Å². The molecule has 1 aliphatic carbocycles. The lowest BCUT2D eigenvalue weighted by Crippen LogP contribution is -2.32. The van der Waals surface area contributed by atoms with Gasteiger partial charge >= 0.3 is 6.18 Å². The molecule has 23 heavy (non-hydrogen) atoms. The van der Waals surface area contributed by atoms with Crippen molar-refractivity contribution in [3.8, 4) is 0 Å². The zero-order valence-electron chi connectivity index (χ0n) is 12.2. The molecule has 1 fully saturated rings. The first kappa shape index (κ1) is 15.7. The first-order valence-electron chi connectivity index (χ1n) is 7.20. The van der Waals surface area contributed by atoms with Crippen LogP contribution in [-0.2, 0) is 17.9 Å². The second kappa shape index (κ2) is 5.48.